The molecule has 100 valence electrons. The van der Waals surface area contributed by atoms with Crippen LogP contribution in [-0.4, -0.2) is 26.8 Å². The number of halogens is 3. The molecule has 18 heavy (non-hydrogen) atoms. The number of alkyl halides is 3. The van der Waals surface area contributed by atoms with Crippen molar-refractivity contribution in [2.24, 2.45) is 0 Å². The molecule has 6 heteroatoms. The monoisotopic (exact) mass is 276 g/mol. The van der Waals surface area contributed by atoms with Crippen LogP contribution in [0, 0.1) is 0 Å². The average molecular weight is 276 g/mol. The third-order valence-electron chi connectivity index (χ3n) is 2.75. The molecule has 1 aromatic rings. The predicted molar refractivity (Wildman–Crippen MR) is 65.4 cm³/mol. The van der Waals surface area contributed by atoms with Crippen LogP contribution >= 0.6 is 0 Å². The second kappa shape index (κ2) is 5.56. The standard InChI is InChI=1S/C12H15F3O2Si/c1-18(2,10-6-4-3-5-7-10)9-8-17-11(16)12(13,14)15/h3-7H,8-9H2,1-2H3. The largest absolute Gasteiger partial charge is 0.490 e. The van der Waals surface area contributed by atoms with Gasteiger partial charge in [0.15, 0.2) is 0 Å². The van der Waals surface area contributed by atoms with Crippen molar-refractivity contribution in [2.75, 3.05) is 6.61 Å². The number of rotatable bonds is 4. The van der Waals surface area contributed by atoms with Crippen LogP contribution in [0.15, 0.2) is 30.3 Å². The summed E-state index contributed by atoms with van der Waals surface area (Å²) in [7, 11) is -1.85. The summed E-state index contributed by atoms with van der Waals surface area (Å²) in [5.41, 5.74) is 0. The first kappa shape index (κ1) is 14.8. The minimum absolute atomic E-state index is 0.188. The first-order valence-electron chi connectivity index (χ1n) is 5.53. The van der Waals surface area contributed by atoms with Gasteiger partial charge < -0.3 is 4.74 Å². The quantitative estimate of drug-likeness (QED) is 0.624. The molecular formula is C12H15F3O2Si. The number of hydrogen-bond donors (Lipinski definition) is 0. The lowest BCUT2D eigenvalue weighted by atomic mass is 10.4. The lowest BCUT2D eigenvalue weighted by Crippen LogP contribution is -2.42. The van der Waals surface area contributed by atoms with E-state index in [0.29, 0.717) is 6.04 Å². The van der Waals surface area contributed by atoms with Crippen molar-refractivity contribution in [1.82, 2.24) is 0 Å². The summed E-state index contributed by atoms with van der Waals surface area (Å²) in [5, 5.41) is 1.13. The van der Waals surface area contributed by atoms with Gasteiger partial charge in [-0.05, 0) is 6.04 Å². The van der Waals surface area contributed by atoms with Crippen molar-refractivity contribution in [3.63, 3.8) is 0 Å². The maximum atomic E-state index is 11.9. The number of carbonyl (C=O) groups excluding carboxylic acids is 1. The van der Waals surface area contributed by atoms with Crippen LogP contribution in [0.5, 0.6) is 0 Å². The highest BCUT2D eigenvalue weighted by Crippen LogP contribution is 2.17. The van der Waals surface area contributed by atoms with Crippen LogP contribution in [0.2, 0.25) is 19.1 Å². The zero-order chi connectivity index (χ0) is 13.8. The fourth-order valence-electron chi connectivity index (χ4n) is 1.51. The summed E-state index contributed by atoms with van der Waals surface area (Å²) in [6, 6.07) is 10.1. The Morgan fingerprint density at radius 3 is 2.28 bits per heavy atom. The van der Waals surface area contributed by atoms with Gasteiger partial charge in [0.1, 0.15) is 0 Å². The van der Waals surface area contributed by atoms with Gasteiger partial charge in [-0.3, -0.25) is 0 Å². The van der Waals surface area contributed by atoms with Gasteiger partial charge in [0.25, 0.3) is 0 Å². The molecule has 0 atom stereocenters. The molecule has 0 amide bonds. The topological polar surface area (TPSA) is 26.3 Å². The molecule has 1 aromatic carbocycles. The Hall–Kier alpha value is -1.30. The zero-order valence-electron chi connectivity index (χ0n) is 10.3. The molecule has 0 aliphatic carbocycles. The summed E-state index contributed by atoms with van der Waals surface area (Å²) in [5.74, 6) is -2.11. The zero-order valence-corrected chi connectivity index (χ0v) is 11.3. The molecule has 1 rings (SSSR count). The smallest absolute Gasteiger partial charge is 0.459 e. The number of benzene rings is 1. The number of carbonyl (C=O) groups is 1. The van der Waals surface area contributed by atoms with E-state index in [0.717, 1.165) is 5.19 Å². The molecule has 0 saturated heterocycles. The Balaban J connectivity index is 2.51. The van der Waals surface area contributed by atoms with Gasteiger partial charge in [-0.1, -0.05) is 48.6 Å². The maximum absolute atomic E-state index is 11.9. The van der Waals surface area contributed by atoms with Crippen molar-refractivity contribution in [3.05, 3.63) is 30.3 Å². The van der Waals surface area contributed by atoms with E-state index in [4.69, 9.17) is 0 Å². The van der Waals surface area contributed by atoms with Crippen molar-refractivity contribution in [1.29, 1.82) is 0 Å². The van der Waals surface area contributed by atoms with E-state index in [1.807, 2.05) is 43.4 Å². The molecule has 0 unspecified atom stereocenters. The van der Waals surface area contributed by atoms with Crippen LogP contribution in [0.3, 0.4) is 0 Å². The van der Waals surface area contributed by atoms with Gasteiger partial charge in [0.2, 0.25) is 0 Å². The Labute approximate surface area is 105 Å². The third kappa shape index (κ3) is 4.18. The number of esters is 1. The molecule has 0 bridgehead atoms. The van der Waals surface area contributed by atoms with Crippen LogP contribution in [-0.2, 0) is 9.53 Å². The highest BCUT2D eigenvalue weighted by atomic mass is 28.3. The number of ether oxygens (including phenoxy) is 1. The van der Waals surface area contributed by atoms with E-state index in [1.54, 1.807) is 0 Å². The average Bonchev–Trinajstić information content (AvgIpc) is 2.28. The van der Waals surface area contributed by atoms with Crippen molar-refractivity contribution < 1.29 is 22.7 Å². The van der Waals surface area contributed by atoms with Crippen LogP contribution in [0.4, 0.5) is 13.2 Å². The van der Waals surface area contributed by atoms with E-state index >= 15 is 0 Å². The Bertz CT molecular complexity index is 402. The summed E-state index contributed by atoms with van der Waals surface area (Å²) >= 11 is 0. The molecule has 0 aromatic heterocycles. The predicted octanol–water partition coefficient (Wildman–Crippen LogP) is 2.71. The second-order valence-corrected chi connectivity index (χ2v) is 9.48. The Morgan fingerprint density at radius 1 is 1.22 bits per heavy atom. The van der Waals surface area contributed by atoms with Crippen molar-refractivity contribution in [3.8, 4) is 0 Å². The van der Waals surface area contributed by atoms with Crippen LogP contribution < -0.4 is 5.19 Å². The lowest BCUT2D eigenvalue weighted by Gasteiger charge is -2.22. The van der Waals surface area contributed by atoms with E-state index in [9.17, 15) is 18.0 Å². The molecule has 0 heterocycles. The van der Waals surface area contributed by atoms with Crippen LogP contribution in [0.25, 0.3) is 0 Å². The molecule has 0 fully saturated rings. The van der Waals surface area contributed by atoms with Crippen LogP contribution in [0.1, 0.15) is 0 Å². The molecule has 0 aliphatic rings. The molecule has 0 radical (unpaired) electrons. The van der Waals surface area contributed by atoms with Crippen molar-refractivity contribution >= 4 is 19.2 Å². The molecule has 2 nitrogen and oxygen atoms in total. The van der Waals surface area contributed by atoms with E-state index in [-0.39, 0.29) is 6.61 Å². The van der Waals surface area contributed by atoms with Gasteiger partial charge in [0, 0.05) is 0 Å². The highest BCUT2D eigenvalue weighted by Gasteiger charge is 2.41. The SMILES string of the molecule is C[Si](C)(CCOC(=O)C(F)(F)F)c1ccccc1. The second-order valence-electron chi connectivity index (χ2n) is 4.63. The minimum atomic E-state index is -4.90. The van der Waals surface area contributed by atoms with Gasteiger partial charge >= 0.3 is 12.1 Å². The van der Waals surface area contributed by atoms with E-state index < -0.39 is 20.2 Å². The highest BCUT2D eigenvalue weighted by molar-refractivity contribution is 6.89. The summed E-state index contributed by atoms with van der Waals surface area (Å²) in [6.07, 6.45) is -4.90. The molecule has 0 saturated carbocycles. The summed E-state index contributed by atoms with van der Waals surface area (Å²) in [6.45, 7) is 3.87. The molecule has 0 aliphatic heterocycles. The van der Waals surface area contributed by atoms with Gasteiger partial charge in [-0.2, -0.15) is 13.2 Å². The summed E-state index contributed by atoms with van der Waals surface area (Å²) in [4.78, 5) is 10.6. The molecular weight excluding hydrogens is 261 g/mol. The van der Waals surface area contributed by atoms with E-state index in [1.165, 1.54) is 0 Å². The first-order valence-corrected chi connectivity index (χ1v) is 8.74. The molecule has 0 N–H and O–H groups in total. The first-order chi connectivity index (χ1) is 8.23. The van der Waals surface area contributed by atoms with Gasteiger partial charge in [-0.15, -0.1) is 0 Å². The maximum Gasteiger partial charge on any atom is 0.490 e. The Kier molecular flexibility index (Phi) is 4.56. The fraction of sp³-hybridized carbons (Fsp3) is 0.417. The van der Waals surface area contributed by atoms with Gasteiger partial charge in [0.05, 0.1) is 14.7 Å². The third-order valence-corrected chi connectivity index (χ3v) is 6.10. The van der Waals surface area contributed by atoms with E-state index in [2.05, 4.69) is 4.74 Å². The Morgan fingerprint density at radius 2 is 1.78 bits per heavy atom. The number of hydrogen-bond acceptors (Lipinski definition) is 2. The fourth-order valence-corrected chi connectivity index (χ4v) is 3.51. The molecule has 0 spiro atoms. The summed E-state index contributed by atoms with van der Waals surface area (Å²) < 4.78 is 40.0. The minimum Gasteiger partial charge on any atom is -0.459 e. The van der Waals surface area contributed by atoms with Crippen molar-refractivity contribution in [2.45, 2.75) is 25.3 Å². The lowest BCUT2D eigenvalue weighted by molar-refractivity contribution is -0.199. The van der Waals surface area contributed by atoms with Gasteiger partial charge in [-0.25, -0.2) is 4.79 Å². The normalized spacial score (nSPS) is 12.3.